The van der Waals surface area contributed by atoms with E-state index in [1.54, 1.807) is 6.07 Å². The number of halogens is 2. The Bertz CT molecular complexity index is 1560. The summed E-state index contributed by atoms with van der Waals surface area (Å²) in [4.78, 5) is 26.7. The molecule has 1 aromatic carbocycles. The summed E-state index contributed by atoms with van der Waals surface area (Å²) in [6.45, 7) is 18.3. The van der Waals surface area contributed by atoms with Crippen LogP contribution in [0.25, 0.3) is 11.1 Å². The smallest absolute Gasteiger partial charge is 0.337 e. The largest absolute Gasteiger partial charge is 0.479 e. The van der Waals surface area contributed by atoms with Crippen molar-refractivity contribution >= 4 is 34.9 Å². The van der Waals surface area contributed by atoms with Crippen molar-refractivity contribution in [1.82, 2.24) is 14.9 Å². The van der Waals surface area contributed by atoms with Gasteiger partial charge in [-0.25, -0.2) is 9.78 Å². The maximum absolute atomic E-state index is 12.8. The molecule has 1 N–H and O–H groups in total. The molecule has 5 rings (SSSR count). The quantitative estimate of drug-likeness (QED) is 0.261. The number of carboxylic acids is 1. The molecule has 0 unspecified atom stereocenters. The van der Waals surface area contributed by atoms with Crippen molar-refractivity contribution in [3.8, 4) is 11.1 Å². The average molecular weight is 640 g/mol. The van der Waals surface area contributed by atoms with E-state index in [1.165, 1.54) is 11.1 Å². The van der Waals surface area contributed by atoms with Crippen molar-refractivity contribution in [2.45, 2.75) is 92.5 Å². The summed E-state index contributed by atoms with van der Waals surface area (Å²) in [6, 6.07) is 10.4. The molecule has 3 aromatic rings. The van der Waals surface area contributed by atoms with Gasteiger partial charge in [0.05, 0.1) is 11.3 Å². The molecule has 0 aliphatic carbocycles. The Labute approximate surface area is 271 Å². The molecule has 2 aliphatic heterocycles. The number of nitrogens with zero attached hydrogens (tertiary/aromatic N) is 4. The molecule has 0 spiro atoms. The predicted molar refractivity (Wildman–Crippen MR) is 178 cm³/mol. The Hall–Kier alpha value is -2.71. The van der Waals surface area contributed by atoms with Crippen LogP contribution in [0.4, 0.5) is 5.69 Å². The Balaban J connectivity index is 1.56. The summed E-state index contributed by atoms with van der Waals surface area (Å²) < 4.78 is 6.24. The molecule has 1 saturated heterocycles. The summed E-state index contributed by atoms with van der Waals surface area (Å²) >= 11 is 12.4. The highest BCUT2D eigenvalue weighted by molar-refractivity contribution is 6.32. The average Bonchev–Trinajstić information content (AvgIpc) is 2.92. The highest BCUT2D eigenvalue weighted by Crippen LogP contribution is 2.45. The van der Waals surface area contributed by atoms with Crippen molar-refractivity contribution in [3.63, 3.8) is 0 Å². The number of benzene rings is 1. The third-order valence-corrected chi connectivity index (χ3v) is 9.38. The van der Waals surface area contributed by atoms with Crippen molar-refractivity contribution in [1.29, 1.82) is 0 Å². The van der Waals surface area contributed by atoms with E-state index < -0.39 is 17.7 Å². The summed E-state index contributed by atoms with van der Waals surface area (Å²) in [6.07, 6.45) is 1.81. The van der Waals surface area contributed by atoms with Crippen LogP contribution in [-0.2, 0) is 29.0 Å². The fourth-order valence-electron chi connectivity index (χ4n) is 6.46. The number of aliphatic carboxylic acids is 1. The van der Waals surface area contributed by atoms with Gasteiger partial charge in [0.1, 0.15) is 10.3 Å². The van der Waals surface area contributed by atoms with E-state index in [0.717, 1.165) is 73.5 Å². The van der Waals surface area contributed by atoms with Gasteiger partial charge in [-0.05, 0) is 82.1 Å². The number of anilines is 1. The van der Waals surface area contributed by atoms with Crippen molar-refractivity contribution in [2.75, 3.05) is 24.5 Å². The standard InChI is InChI=1S/C35H44Cl2N4O3/c1-21-28(24-8-9-25-19-40(15-12-23(25)18-24)20-26-10-11-27(36)39-32(26)37)30(41-16-13-35(6,7)14-17-41)29(22(2)38-21)31(33(42)43)44-34(3,4)5/h8-11,18,31H,12-17,19-20H2,1-7H3,(H,42,43)/t31-/m0/s1. The van der Waals surface area contributed by atoms with Gasteiger partial charge in [-0.2, -0.15) is 0 Å². The van der Waals surface area contributed by atoms with E-state index in [1.807, 2.05) is 40.7 Å². The van der Waals surface area contributed by atoms with Crippen LogP contribution in [-0.4, -0.2) is 51.2 Å². The van der Waals surface area contributed by atoms with Gasteiger partial charge in [0, 0.05) is 60.8 Å². The lowest BCUT2D eigenvalue weighted by Gasteiger charge is -2.41. The first-order valence-electron chi connectivity index (χ1n) is 15.4. The van der Waals surface area contributed by atoms with Crippen LogP contribution in [0.3, 0.4) is 0 Å². The van der Waals surface area contributed by atoms with E-state index in [0.29, 0.717) is 28.1 Å². The first kappa shape index (κ1) is 32.7. The Morgan fingerprint density at radius 3 is 2.36 bits per heavy atom. The van der Waals surface area contributed by atoms with Crippen LogP contribution in [0.15, 0.2) is 30.3 Å². The number of rotatable bonds is 7. The van der Waals surface area contributed by atoms with Gasteiger partial charge >= 0.3 is 5.97 Å². The molecule has 2 aliphatic rings. The minimum Gasteiger partial charge on any atom is -0.479 e. The molecule has 1 atom stereocenters. The fraction of sp³-hybridized carbons (Fsp3) is 0.514. The normalized spacial score (nSPS) is 17.8. The number of fused-ring (bicyclic) bond motifs is 1. The Kier molecular flexibility index (Phi) is 9.35. The monoisotopic (exact) mass is 638 g/mol. The van der Waals surface area contributed by atoms with E-state index >= 15 is 0 Å². The molecule has 7 nitrogen and oxygen atoms in total. The zero-order valence-electron chi connectivity index (χ0n) is 26.9. The van der Waals surface area contributed by atoms with Crippen molar-refractivity contribution < 1.29 is 14.6 Å². The highest BCUT2D eigenvalue weighted by Gasteiger charge is 2.36. The minimum absolute atomic E-state index is 0.242. The molecule has 0 amide bonds. The van der Waals surface area contributed by atoms with E-state index in [-0.39, 0.29) is 5.41 Å². The minimum atomic E-state index is -1.13. The first-order valence-corrected chi connectivity index (χ1v) is 16.2. The molecule has 2 aromatic heterocycles. The number of carbonyl (C=O) groups is 1. The number of aromatic nitrogens is 2. The maximum Gasteiger partial charge on any atom is 0.337 e. The molecule has 1 fully saturated rings. The summed E-state index contributed by atoms with van der Waals surface area (Å²) in [7, 11) is 0. The number of hydrogen-bond donors (Lipinski definition) is 1. The van der Waals surface area contributed by atoms with Gasteiger partial charge in [0.25, 0.3) is 0 Å². The Morgan fingerprint density at radius 2 is 1.73 bits per heavy atom. The van der Waals surface area contributed by atoms with Crippen LogP contribution >= 0.6 is 23.2 Å². The van der Waals surface area contributed by atoms with Gasteiger partial charge in [0.2, 0.25) is 0 Å². The van der Waals surface area contributed by atoms with Crippen LogP contribution < -0.4 is 4.90 Å². The van der Waals surface area contributed by atoms with Gasteiger partial charge in [0.15, 0.2) is 6.10 Å². The molecule has 0 saturated carbocycles. The zero-order chi connectivity index (χ0) is 32.0. The molecule has 4 heterocycles. The van der Waals surface area contributed by atoms with Gasteiger partial charge in [-0.3, -0.25) is 9.88 Å². The van der Waals surface area contributed by atoms with E-state index in [4.69, 9.17) is 32.9 Å². The molecule has 9 heteroatoms. The van der Waals surface area contributed by atoms with Crippen LogP contribution in [0.1, 0.15) is 87.2 Å². The van der Waals surface area contributed by atoms with Gasteiger partial charge in [-0.1, -0.05) is 61.3 Å². The summed E-state index contributed by atoms with van der Waals surface area (Å²) in [5, 5.41) is 11.3. The molecular weight excluding hydrogens is 595 g/mol. The van der Waals surface area contributed by atoms with E-state index in [9.17, 15) is 9.90 Å². The molecular formula is C35H44Cl2N4O3. The first-order chi connectivity index (χ1) is 20.6. The number of piperidine rings is 1. The Morgan fingerprint density at radius 1 is 1.02 bits per heavy atom. The second kappa shape index (κ2) is 12.6. The maximum atomic E-state index is 12.8. The van der Waals surface area contributed by atoms with Crippen LogP contribution in [0.5, 0.6) is 0 Å². The lowest BCUT2D eigenvalue weighted by atomic mass is 9.81. The number of aryl methyl sites for hydroxylation is 2. The number of carboxylic acid groups (broad SMARTS) is 1. The lowest BCUT2D eigenvalue weighted by molar-refractivity contribution is -0.160. The molecule has 0 bridgehead atoms. The molecule has 236 valence electrons. The third kappa shape index (κ3) is 7.23. The predicted octanol–water partition coefficient (Wildman–Crippen LogP) is 8.19. The SMILES string of the molecule is Cc1nc(C)c([C@H](OC(C)(C)C)C(=O)O)c(N2CCC(C)(C)CC2)c1-c1ccc2c(c1)CCN(Cc1ccc(Cl)nc1Cl)C2. The number of hydrogen-bond acceptors (Lipinski definition) is 6. The fourth-order valence-corrected chi connectivity index (χ4v) is 6.86. The molecule has 0 radical (unpaired) electrons. The topological polar surface area (TPSA) is 78.8 Å². The van der Waals surface area contributed by atoms with Crippen molar-refractivity contribution in [3.05, 3.63) is 74.3 Å². The highest BCUT2D eigenvalue weighted by atomic mass is 35.5. The second-order valence-electron chi connectivity index (χ2n) is 14.0. The number of ether oxygens (including phenoxy) is 1. The van der Waals surface area contributed by atoms with Crippen LogP contribution in [0.2, 0.25) is 10.3 Å². The van der Waals surface area contributed by atoms with Gasteiger partial charge < -0.3 is 14.7 Å². The van der Waals surface area contributed by atoms with Crippen LogP contribution in [0, 0.1) is 19.3 Å². The summed E-state index contributed by atoms with van der Waals surface area (Å²) in [5.74, 6) is -1.00. The second-order valence-corrected chi connectivity index (χ2v) is 14.8. The molecule has 44 heavy (non-hydrogen) atoms. The number of pyridine rings is 2. The van der Waals surface area contributed by atoms with E-state index in [2.05, 4.69) is 46.8 Å². The summed E-state index contributed by atoms with van der Waals surface area (Å²) in [5.41, 5.74) is 8.40. The third-order valence-electron chi connectivity index (χ3n) is 8.84. The van der Waals surface area contributed by atoms with Gasteiger partial charge in [-0.15, -0.1) is 0 Å². The van der Waals surface area contributed by atoms with Crippen molar-refractivity contribution in [2.24, 2.45) is 5.41 Å². The lowest BCUT2D eigenvalue weighted by Crippen LogP contribution is -2.39. The zero-order valence-corrected chi connectivity index (χ0v) is 28.4.